The number of fused-ring (bicyclic) bond motifs is 1. The van der Waals surface area contributed by atoms with E-state index in [0.29, 0.717) is 17.0 Å². The lowest BCUT2D eigenvalue weighted by molar-refractivity contribution is 1.15. The van der Waals surface area contributed by atoms with Crippen LogP contribution in [0.5, 0.6) is 0 Å². The maximum Gasteiger partial charge on any atom is 0.184 e. The molecular formula is C7H5N5. The van der Waals surface area contributed by atoms with Gasteiger partial charge in [0.2, 0.25) is 0 Å². The number of hydrogen-bond donors (Lipinski definition) is 1. The molecule has 2 rings (SSSR count). The van der Waals surface area contributed by atoms with Crippen LogP contribution in [0.1, 0.15) is 0 Å². The summed E-state index contributed by atoms with van der Waals surface area (Å²) in [6.07, 6.45) is 8.03. The number of nitrogens with two attached hydrogens (primary N) is 1. The zero-order valence-corrected chi connectivity index (χ0v) is 6.10. The van der Waals surface area contributed by atoms with E-state index < -0.39 is 0 Å². The molecule has 0 unspecified atom stereocenters. The van der Waals surface area contributed by atoms with Gasteiger partial charge in [-0.1, -0.05) is 6.42 Å². The monoisotopic (exact) mass is 159 g/mol. The molecule has 0 amide bonds. The number of nitrogens with zero attached hydrogens (tertiary/aromatic N) is 4. The molecule has 0 aliphatic rings. The lowest BCUT2D eigenvalue weighted by atomic mass is 10.5. The fraction of sp³-hybridized carbons (Fsp3) is 0. The number of imidazole rings is 1. The fourth-order valence-corrected chi connectivity index (χ4v) is 0.976. The van der Waals surface area contributed by atoms with E-state index in [1.165, 1.54) is 17.2 Å². The molecule has 2 N–H and O–H groups in total. The van der Waals surface area contributed by atoms with E-state index in [0.717, 1.165) is 0 Å². The van der Waals surface area contributed by atoms with Crippen molar-refractivity contribution in [3.63, 3.8) is 0 Å². The van der Waals surface area contributed by atoms with E-state index in [9.17, 15) is 0 Å². The van der Waals surface area contributed by atoms with Crippen molar-refractivity contribution in [2.24, 2.45) is 0 Å². The molecule has 12 heavy (non-hydrogen) atoms. The largest absolute Gasteiger partial charge is 0.382 e. The van der Waals surface area contributed by atoms with Gasteiger partial charge in [-0.15, -0.1) is 0 Å². The average molecular weight is 159 g/mol. The Labute approximate surface area is 68.3 Å². The molecule has 2 aromatic rings. The van der Waals surface area contributed by atoms with Crippen LogP contribution >= 0.6 is 0 Å². The molecule has 0 fully saturated rings. The lowest BCUT2D eigenvalue weighted by Gasteiger charge is -1.94. The van der Waals surface area contributed by atoms with Crippen LogP contribution in [0.3, 0.4) is 0 Å². The number of aromatic nitrogens is 4. The molecule has 0 spiro atoms. The minimum absolute atomic E-state index is 0.343. The van der Waals surface area contributed by atoms with Gasteiger partial charge in [0, 0.05) is 6.04 Å². The van der Waals surface area contributed by atoms with Crippen LogP contribution in [-0.4, -0.2) is 19.5 Å². The Bertz CT molecular complexity index is 464. The molecule has 0 bridgehead atoms. The average Bonchev–Trinajstić information content (AvgIpc) is 2.49. The predicted molar refractivity (Wildman–Crippen MR) is 44.0 cm³/mol. The SMILES string of the molecule is C#Cn1cnc2ncnc(N)c21. The van der Waals surface area contributed by atoms with E-state index >= 15 is 0 Å². The molecular weight excluding hydrogens is 154 g/mol. The van der Waals surface area contributed by atoms with Crippen LogP contribution < -0.4 is 5.73 Å². The van der Waals surface area contributed by atoms with Gasteiger partial charge in [0.05, 0.1) is 0 Å². The van der Waals surface area contributed by atoms with Crippen molar-refractivity contribution in [2.75, 3.05) is 5.73 Å². The summed E-state index contributed by atoms with van der Waals surface area (Å²) in [5.41, 5.74) is 6.67. The molecule has 58 valence electrons. The predicted octanol–water partition coefficient (Wildman–Crippen LogP) is -0.153. The van der Waals surface area contributed by atoms with Crippen LogP contribution in [0.15, 0.2) is 12.7 Å². The van der Waals surface area contributed by atoms with Crippen molar-refractivity contribution in [1.82, 2.24) is 19.5 Å². The summed E-state index contributed by atoms with van der Waals surface area (Å²) in [4.78, 5) is 11.6. The highest BCUT2D eigenvalue weighted by Crippen LogP contribution is 2.13. The number of anilines is 1. The molecule has 0 radical (unpaired) electrons. The summed E-state index contributed by atoms with van der Waals surface area (Å²) < 4.78 is 1.45. The molecule has 0 saturated carbocycles. The van der Waals surface area contributed by atoms with Gasteiger partial charge in [-0.25, -0.2) is 15.0 Å². The van der Waals surface area contributed by atoms with Gasteiger partial charge in [0.25, 0.3) is 0 Å². The molecule has 0 aromatic carbocycles. The molecule has 0 saturated heterocycles. The van der Waals surface area contributed by atoms with Crippen LogP contribution in [0.4, 0.5) is 5.82 Å². The highest BCUT2D eigenvalue weighted by Gasteiger charge is 2.05. The minimum atomic E-state index is 0.343. The van der Waals surface area contributed by atoms with Gasteiger partial charge < -0.3 is 5.73 Å². The van der Waals surface area contributed by atoms with Crippen molar-refractivity contribution < 1.29 is 0 Å². The zero-order chi connectivity index (χ0) is 8.55. The van der Waals surface area contributed by atoms with Gasteiger partial charge in [-0.3, -0.25) is 4.57 Å². The molecule has 0 aliphatic heterocycles. The Kier molecular flexibility index (Phi) is 1.21. The van der Waals surface area contributed by atoms with Crippen LogP contribution in [0, 0.1) is 12.5 Å². The number of nitrogen functional groups attached to an aromatic ring is 1. The summed E-state index contributed by atoms with van der Waals surface area (Å²) >= 11 is 0. The summed E-state index contributed by atoms with van der Waals surface area (Å²) in [6, 6.07) is 2.38. The first kappa shape index (κ1) is 6.61. The quantitative estimate of drug-likeness (QED) is 0.542. The van der Waals surface area contributed by atoms with E-state index in [-0.39, 0.29) is 0 Å². The highest BCUT2D eigenvalue weighted by molar-refractivity contribution is 5.82. The smallest absolute Gasteiger partial charge is 0.184 e. The summed E-state index contributed by atoms with van der Waals surface area (Å²) in [5, 5.41) is 0. The topological polar surface area (TPSA) is 69.6 Å². The standard InChI is InChI=1S/C7H5N5/c1-2-12-4-11-7-5(12)6(8)9-3-10-7/h1,3-4H,(H2,8,9,10). The first-order valence-corrected chi connectivity index (χ1v) is 3.23. The normalized spacial score (nSPS) is 9.92. The van der Waals surface area contributed by atoms with E-state index in [4.69, 9.17) is 12.2 Å². The second-order valence-electron chi connectivity index (χ2n) is 2.17. The Morgan fingerprint density at radius 1 is 1.42 bits per heavy atom. The van der Waals surface area contributed by atoms with Crippen LogP contribution in [-0.2, 0) is 0 Å². The van der Waals surface area contributed by atoms with Crippen LogP contribution in [0.25, 0.3) is 11.2 Å². The third kappa shape index (κ3) is 0.720. The van der Waals surface area contributed by atoms with E-state index in [1.807, 2.05) is 0 Å². The second-order valence-corrected chi connectivity index (χ2v) is 2.17. The Morgan fingerprint density at radius 2 is 2.25 bits per heavy atom. The molecule has 5 heteroatoms. The summed E-state index contributed by atoms with van der Waals surface area (Å²) in [7, 11) is 0. The number of hydrogen-bond acceptors (Lipinski definition) is 4. The van der Waals surface area contributed by atoms with Crippen molar-refractivity contribution in [3.05, 3.63) is 12.7 Å². The number of rotatable bonds is 0. The van der Waals surface area contributed by atoms with Gasteiger partial charge >= 0.3 is 0 Å². The second kappa shape index (κ2) is 2.20. The Hall–Kier alpha value is -2.09. The van der Waals surface area contributed by atoms with Crippen molar-refractivity contribution in [1.29, 1.82) is 0 Å². The molecule has 0 atom stereocenters. The fourth-order valence-electron chi connectivity index (χ4n) is 0.976. The van der Waals surface area contributed by atoms with Crippen molar-refractivity contribution in [3.8, 4) is 12.5 Å². The maximum atomic E-state index is 5.57. The molecule has 2 aromatic heterocycles. The van der Waals surface area contributed by atoms with Gasteiger partial charge in [0.15, 0.2) is 11.5 Å². The van der Waals surface area contributed by atoms with Gasteiger partial charge in [-0.05, 0) is 0 Å². The third-order valence-electron chi connectivity index (χ3n) is 1.51. The minimum Gasteiger partial charge on any atom is -0.382 e. The molecule has 5 nitrogen and oxygen atoms in total. The summed E-state index contributed by atoms with van der Waals surface area (Å²) in [6.45, 7) is 0. The molecule has 0 aliphatic carbocycles. The van der Waals surface area contributed by atoms with E-state index in [2.05, 4.69) is 21.0 Å². The molecule has 2 heterocycles. The summed E-state index contributed by atoms with van der Waals surface area (Å²) in [5.74, 6) is 0.343. The first-order valence-electron chi connectivity index (χ1n) is 3.23. The lowest BCUT2D eigenvalue weighted by Crippen LogP contribution is -1.96. The van der Waals surface area contributed by atoms with Crippen LogP contribution in [0.2, 0.25) is 0 Å². The Morgan fingerprint density at radius 3 is 3.00 bits per heavy atom. The van der Waals surface area contributed by atoms with Crippen molar-refractivity contribution in [2.45, 2.75) is 0 Å². The number of terminal acetylenes is 1. The maximum absolute atomic E-state index is 5.57. The highest BCUT2D eigenvalue weighted by atomic mass is 15.1. The van der Waals surface area contributed by atoms with Gasteiger partial charge in [-0.2, -0.15) is 0 Å². The van der Waals surface area contributed by atoms with E-state index in [1.54, 1.807) is 0 Å². The first-order chi connectivity index (χ1) is 5.83. The zero-order valence-electron chi connectivity index (χ0n) is 6.10. The Balaban J connectivity index is 2.95. The third-order valence-corrected chi connectivity index (χ3v) is 1.51. The van der Waals surface area contributed by atoms with Gasteiger partial charge in [0.1, 0.15) is 18.2 Å². The van der Waals surface area contributed by atoms with Crippen molar-refractivity contribution >= 4 is 17.0 Å².